The van der Waals surface area contributed by atoms with Crippen LogP contribution < -0.4 is 5.32 Å². The van der Waals surface area contributed by atoms with Crippen molar-refractivity contribution in [3.63, 3.8) is 0 Å². The first-order valence-corrected chi connectivity index (χ1v) is 9.58. The molecule has 5 nitrogen and oxygen atoms in total. The molecular formula is C23H27N3O2. The SMILES string of the molecule is CNC(=O)c1ccc(CN(C)CC(=O)N2CC=C(c3ccccc3)CC2)cc1. The molecule has 0 saturated heterocycles. The Morgan fingerprint density at radius 2 is 1.79 bits per heavy atom. The summed E-state index contributed by atoms with van der Waals surface area (Å²) < 4.78 is 0. The van der Waals surface area contributed by atoms with E-state index in [0.29, 0.717) is 25.2 Å². The number of hydrogen-bond donors (Lipinski definition) is 1. The predicted molar refractivity (Wildman–Crippen MR) is 112 cm³/mol. The van der Waals surface area contributed by atoms with Crippen LogP contribution in [0.5, 0.6) is 0 Å². The molecule has 2 aromatic rings. The highest BCUT2D eigenvalue weighted by atomic mass is 16.2. The molecule has 1 heterocycles. The molecule has 0 saturated carbocycles. The molecule has 0 bridgehead atoms. The monoisotopic (exact) mass is 377 g/mol. The van der Waals surface area contributed by atoms with Crippen LogP contribution >= 0.6 is 0 Å². The van der Waals surface area contributed by atoms with Crippen molar-refractivity contribution in [2.75, 3.05) is 33.7 Å². The third-order valence-corrected chi connectivity index (χ3v) is 5.01. The standard InChI is InChI=1S/C23H27N3O2/c1-24-23(28)21-10-8-18(9-11-21)16-25(2)17-22(27)26-14-12-20(13-15-26)19-6-4-3-5-7-19/h3-12H,13-17H2,1-2H3,(H,24,28). The van der Waals surface area contributed by atoms with E-state index in [4.69, 9.17) is 0 Å². The summed E-state index contributed by atoms with van der Waals surface area (Å²) in [7, 11) is 3.56. The molecule has 0 fully saturated rings. The number of likely N-dealkylation sites (N-methyl/N-ethyl adjacent to an activating group) is 1. The van der Waals surface area contributed by atoms with Crippen LogP contribution in [-0.2, 0) is 11.3 Å². The normalized spacial score (nSPS) is 14.0. The fourth-order valence-corrected chi connectivity index (χ4v) is 3.41. The zero-order chi connectivity index (χ0) is 19.9. The van der Waals surface area contributed by atoms with Gasteiger partial charge in [0.15, 0.2) is 0 Å². The van der Waals surface area contributed by atoms with Crippen molar-refractivity contribution in [1.82, 2.24) is 15.1 Å². The van der Waals surface area contributed by atoms with Gasteiger partial charge < -0.3 is 10.2 Å². The fourth-order valence-electron chi connectivity index (χ4n) is 3.41. The van der Waals surface area contributed by atoms with Crippen LogP contribution in [-0.4, -0.2) is 55.3 Å². The summed E-state index contributed by atoms with van der Waals surface area (Å²) in [5, 5.41) is 2.61. The first kappa shape index (κ1) is 19.8. The van der Waals surface area contributed by atoms with Crippen LogP contribution in [0.3, 0.4) is 0 Å². The van der Waals surface area contributed by atoms with E-state index in [1.54, 1.807) is 7.05 Å². The van der Waals surface area contributed by atoms with Crippen LogP contribution in [0.15, 0.2) is 60.7 Å². The number of hydrogen-bond acceptors (Lipinski definition) is 3. The highest BCUT2D eigenvalue weighted by Gasteiger charge is 2.19. The molecule has 2 amide bonds. The largest absolute Gasteiger partial charge is 0.355 e. The summed E-state index contributed by atoms with van der Waals surface area (Å²) >= 11 is 0. The second-order valence-electron chi connectivity index (χ2n) is 7.13. The number of nitrogens with zero attached hydrogens (tertiary/aromatic N) is 2. The number of carbonyl (C=O) groups is 2. The Morgan fingerprint density at radius 1 is 1.07 bits per heavy atom. The Hall–Kier alpha value is -2.92. The molecule has 0 aromatic heterocycles. The van der Waals surface area contributed by atoms with E-state index in [2.05, 4.69) is 23.5 Å². The van der Waals surface area contributed by atoms with Gasteiger partial charge in [-0.15, -0.1) is 0 Å². The van der Waals surface area contributed by atoms with Crippen molar-refractivity contribution < 1.29 is 9.59 Å². The molecule has 5 heteroatoms. The van der Waals surface area contributed by atoms with Crippen LogP contribution in [0.2, 0.25) is 0 Å². The van der Waals surface area contributed by atoms with Crippen molar-refractivity contribution in [2.24, 2.45) is 0 Å². The second kappa shape index (κ2) is 9.33. The summed E-state index contributed by atoms with van der Waals surface area (Å²) in [6, 6.07) is 17.8. The third kappa shape index (κ3) is 5.08. The molecule has 0 atom stereocenters. The molecule has 1 aliphatic heterocycles. The van der Waals surface area contributed by atoms with Gasteiger partial charge in [0.05, 0.1) is 6.54 Å². The number of rotatable bonds is 6. The molecule has 2 aromatic carbocycles. The van der Waals surface area contributed by atoms with Crippen LogP contribution in [0, 0.1) is 0 Å². The first-order valence-electron chi connectivity index (χ1n) is 9.58. The topological polar surface area (TPSA) is 52.7 Å². The van der Waals surface area contributed by atoms with Crippen molar-refractivity contribution in [1.29, 1.82) is 0 Å². The average Bonchev–Trinajstić information content (AvgIpc) is 2.74. The van der Waals surface area contributed by atoms with Crippen molar-refractivity contribution in [3.05, 3.63) is 77.4 Å². The van der Waals surface area contributed by atoms with Gasteiger partial charge in [-0.3, -0.25) is 14.5 Å². The second-order valence-corrected chi connectivity index (χ2v) is 7.13. The molecule has 28 heavy (non-hydrogen) atoms. The van der Waals surface area contributed by atoms with Crippen molar-refractivity contribution >= 4 is 17.4 Å². The zero-order valence-corrected chi connectivity index (χ0v) is 16.5. The molecule has 0 spiro atoms. The Labute approximate surface area is 166 Å². The van der Waals surface area contributed by atoms with Crippen LogP contribution in [0.25, 0.3) is 5.57 Å². The minimum atomic E-state index is -0.0943. The maximum Gasteiger partial charge on any atom is 0.251 e. The molecule has 1 N–H and O–H groups in total. The van der Waals surface area contributed by atoms with Crippen molar-refractivity contribution in [3.8, 4) is 0 Å². The number of amides is 2. The van der Waals surface area contributed by atoms with E-state index in [-0.39, 0.29) is 11.8 Å². The van der Waals surface area contributed by atoms with E-state index in [1.165, 1.54) is 11.1 Å². The summed E-state index contributed by atoms with van der Waals surface area (Å²) in [5.41, 5.74) is 4.27. The van der Waals surface area contributed by atoms with Gasteiger partial charge in [-0.25, -0.2) is 0 Å². The first-order chi connectivity index (χ1) is 13.6. The van der Waals surface area contributed by atoms with Gasteiger partial charge in [0.2, 0.25) is 5.91 Å². The van der Waals surface area contributed by atoms with Gasteiger partial charge in [0.25, 0.3) is 5.91 Å². The molecule has 1 aliphatic rings. The quantitative estimate of drug-likeness (QED) is 0.842. The maximum atomic E-state index is 12.6. The molecule has 146 valence electrons. The smallest absolute Gasteiger partial charge is 0.251 e. The van der Waals surface area contributed by atoms with E-state index in [9.17, 15) is 9.59 Å². The maximum absolute atomic E-state index is 12.6. The zero-order valence-electron chi connectivity index (χ0n) is 16.5. The van der Waals surface area contributed by atoms with Gasteiger partial charge in [0.1, 0.15) is 0 Å². The van der Waals surface area contributed by atoms with E-state index >= 15 is 0 Å². The highest BCUT2D eigenvalue weighted by molar-refractivity contribution is 5.93. The van der Waals surface area contributed by atoms with Gasteiger partial charge in [-0.05, 0) is 42.3 Å². The highest BCUT2D eigenvalue weighted by Crippen LogP contribution is 2.22. The molecule has 0 unspecified atom stereocenters. The van der Waals surface area contributed by atoms with Gasteiger partial charge >= 0.3 is 0 Å². The minimum Gasteiger partial charge on any atom is -0.355 e. The van der Waals surface area contributed by atoms with E-state index < -0.39 is 0 Å². The minimum absolute atomic E-state index is 0.0943. The summed E-state index contributed by atoms with van der Waals surface area (Å²) in [5.74, 6) is 0.0518. The summed E-state index contributed by atoms with van der Waals surface area (Å²) in [4.78, 5) is 28.2. The van der Waals surface area contributed by atoms with Crippen molar-refractivity contribution in [2.45, 2.75) is 13.0 Å². The predicted octanol–water partition coefficient (Wildman–Crippen LogP) is 2.79. The number of carbonyl (C=O) groups excluding carboxylic acids is 2. The summed E-state index contributed by atoms with van der Waals surface area (Å²) in [6.45, 7) is 2.47. The van der Waals surface area contributed by atoms with Gasteiger partial charge in [-0.2, -0.15) is 0 Å². The lowest BCUT2D eigenvalue weighted by molar-refractivity contribution is -0.131. The third-order valence-electron chi connectivity index (χ3n) is 5.01. The lowest BCUT2D eigenvalue weighted by Crippen LogP contribution is -2.40. The van der Waals surface area contributed by atoms with Gasteiger partial charge in [0, 0.05) is 32.2 Å². The number of benzene rings is 2. The fraction of sp³-hybridized carbons (Fsp3) is 0.304. The summed E-state index contributed by atoms with van der Waals surface area (Å²) in [6.07, 6.45) is 3.05. The van der Waals surface area contributed by atoms with Crippen LogP contribution in [0.4, 0.5) is 0 Å². The number of nitrogens with one attached hydrogen (secondary N) is 1. The Bertz CT molecular complexity index is 844. The molecule has 0 aliphatic carbocycles. The lowest BCUT2D eigenvalue weighted by Gasteiger charge is -2.28. The molecular weight excluding hydrogens is 350 g/mol. The average molecular weight is 377 g/mol. The lowest BCUT2D eigenvalue weighted by atomic mass is 9.99. The Morgan fingerprint density at radius 3 is 2.39 bits per heavy atom. The Kier molecular flexibility index (Phi) is 6.61. The molecule has 0 radical (unpaired) electrons. The van der Waals surface area contributed by atoms with E-state index in [0.717, 1.165) is 18.5 Å². The van der Waals surface area contributed by atoms with Crippen LogP contribution in [0.1, 0.15) is 27.9 Å². The van der Waals surface area contributed by atoms with Gasteiger partial charge in [-0.1, -0.05) is 48.5 Å². The Balaban J connectivity index is 1.51. The molecule has 3 rings (SSSR count). The van der Waals surface area contributed by atoms with E-state index in [1.807, 2.05) is 59.3 Å².